The number of amides is 1. The molecule has 0 N–H and O–H groups in total. The molecule has 0 spiro atoms. The lowest BCUT2D eigenvalue weighted by Gasteiger charge is -2.37. The number of rotatable bonds is 5. The molecule has 166 valence electrons. The Morgan fingerprint density at radius 2 is 1.67 bits per heavy atom. The molecule has 3 aromatic rings. The normalized spacial score (nSPS) is 17.5. The van der Waals surface area contributed by atoms with Crippen LogP contribution in [0.2, 0.25) is 0 Å². The lowest BCUT2D eigenvalue weighted by molar-refractivity contribution is -0.113. The number of anilines is 1. The SMILES string of the molecule is C=CCOc1ccccc1C=C1SC(N2CCN(c3cccc4ccccc34)CC2)=NC1=O. The molecule has 0 unspecified atom stereocenters. The molecule has 33 heavy (non-hydrogen) atoms. The monoisotopic (exact) mass is 455 g/mol. The van der Waals surface area contributed by atoms with E-state index in [1.165, 1.54) is 28.2 Å². The van der Waals surface area contributed by atoms with E-state index in [1.54, 1.807) is 6.08 Å². The highest BCUT2D eigenvalue weighted by atomic mass is 32.2. The summed E-state index contributed by atoms with van der Waals surface area (Å²) in [6.07, 6.45) is 3.58. The number of amidine groups is 1. The van der Waals surface area contributed by atoms with E-state index >= 15 is 0 Å². The number of aliphatic imine (C=N–C) groups is 1. The fraction of sp³-hybridized carbons (Fsp3) is 0.185. The Kier molecular flexibility index (Phi) is 6.17. The van der Waals surface area contributed by atoms with Gasteiger partial charge in [0.1, 0.15) is 12.4 Å². The second kappa shape index (κ2) is 9.55. The van der Waals surface area contributed by atoms with E-state index in [-0.39, 0.29) is 5.91 Å². The van der Waals surface area contributed by atoms with E-state index in [2.05, 4.69) is 63.8 Å². The number of ether oxygens (including phenoxy) is 1. The first kappa shape index (κ1) is 21.3. The predicted molar refractivity (Wildman–Crippen MR) is 138 cm³/mol. The van der Waals surface area contributed by atoms with Crippen LogP contribution in [0.3, 0.4) is 0 Å². The number of carbonyl (C=O) groups excluding carboxylic acids is 1. The Balaban J connectivity index is 1.27. The topological polar surface area (TPSA) is 45.1 Å². The van der Waals surface area contributed by atoms with Crippen molar-refractivity contribution in [1.29, 1.82) is 0 Å². The first-order valence-electron chi connectivity index (χ1n) is 11.1. The van der Waals surface area contributed by atoms with Crippen molar-refractivity contribution < 1.29 is 9.53 Å². The summed E-state index contributed by atoms with van der Waals surface area (Å²) in [6, 6.07) is 22.7. The van der Waals surface area contributed by atoms with Crippen molar-refractivity contribution in [1.82, 2.24) is 4.90 Å². The molecule has 0 aliphatic carbocycles. The number of carbonyl (C=O) groups is 1. The molecule has 2 heterocycles. The third-order valence-corrected chi connectivity index (χ3v) is 6.87. The van der Waals surface area contributed by atoms with Crippen LogP contribution in [0.25, 0.3) is 16.8 Å². The molecular formula is C27H25N3O2S. The summed E-state index contributed by atoms with van der Waals surface area (Å²) in [4.78, 5) is 22.2. The number of hydrogen-bond donors (Lipinski definition) is 0. The molecule has 0 aromatic heterocycles. The van der Waals surface area contributed by atoms with E-state index in [4.69, 9.17) is 4.74 Å². The number of benzene rings is 3. The standard InChI is InChI=1S/C27H25N3O2S/c1-2-18-32-24-13-6-4-9-21(24)19-25-26(31)28-27(33-25)30-16-14-29(15-17-30)23-12-7-10-20-8-3-5-11-22(20)23/h2-13,19H,1,14-18H2. The molecule has 5 rings (SSSR count). The van der Waals surface area contributed by atoms with Crippen molar-refractivity contribution in [3.8, 4) is 5.75 Å². The lowest BCUT2D eigenvalue weighted by Crippen LogP contribution is -2.47. The van der Waals surface area contributed by atoms with Gasteiger partial charge in [-0.25, -0.2) is 0 Å². The summed E-state index contributed by atoms with van der Waals surface area (Å²) in [6.45, 7) is 7.55. The number of hydrogen-bond acceptors (Lipinski definition) is 5. The van der Waals surface area contributed by atoms with Gasteiger partial charge in [0.15, 0.2) is 5.17 Å². The van der Waals surface area contributed by atoms with Crippen molar-refractivity contribution in [3.63, 3.8) is 0 Å². The van der Waals surface area contributed by atoms with Crippen LogP contribution in [-0.4, -0.2) is 48.8 Å². The van der Waals surface area contributed by atoms with E-state index < -0.39 is 0 Å². The van der Waals surface area contributed by atoms with Gasteiger partial charge in [-0.3, -0.25) is 4.79 Å². The van der Waals surface area contributed by atoms with Crippen LogP contribution < -0.4 is 9.64 Å². The average molecular weight is 456 g/mol. The summed E-state index contributed by atoms with van der Waals surface area (Å²) >= 11 is 1.45. The Morgan fingerprint density at radius 3 is 2.52 bits per heavy atom. The number of fused-ring (bicyclic) bond motifs is 1. The van der Waals surface area contributed by atoms with Gasteiger partial charge in [0.2, 0.25) is 0 Å². The zero-order chi connectivity index (χ0) is 22.6. The maximum atomic E-state index is 12.6. The second-order valence-electron chi connectivity index (χ2n) is 7.92. The smallest absolute Gasteiger partial charge is 0.286 e. The van der Waals surface area contributed by atoms with Gasteiger partial charge in [0.25, 0.3) is 5.91 Å². The van der Waals surface area contributed by atoms with Crippen LogP contribution in [0, 0.1) is 0 Å². The third-order valence-electron chi connectivity index (χ3n) is 5.83. The number of nitrogens with zero attached hydrogens (tertiary/aromatic N) is 3. The summed E-state index contributed by atoms with van der Waals surface area (Å²) in [5.41, 5.74) is 2.13. The first-order chi connectivity index (χ1) is 16.2. The van der Waals surface area contributed by atoms with Crippen LogP contribution in [0.4, 0.5) is 5.69 Å². The molecule has 0 saturated carbocycles. The van der Waals surface area contributed by atoms with Crippen molar-refractivity contribution in [3.05, 3.63) is 89.9 Å². The molecule has 0 bridgehead atoms. The van der Waals surface area contributed by atoms with Crippen LogP contribution in [0.1, 0.15) is 5.56 Å². The van der Waals surface area contributed by atoms with Crippen LogP contribution in [0.15, 0.2) is 89.3 Å². The molecule has 2 aliphatic rings. The van der Waals surface area contributed by atoms with Crippen molar-refractivity contribution >= 4 is 45.4 Å². The molecule has 1 saturated heterocycles. The molecular weight excluding hydrogens is 430 g/mol. The van der Waals surface area contributed by atoms with Gasteiger partial charge in [-0.15, -0.1) is 0 Å². The maximum Gasteiger partial charge on any atom is 0.286 e. The highest BCUT2D eigenvalue weighted by Gasteiger charge is 2.29. The minimum absolute atomic E-state index is 0.190. The minimum atomic E-state index is -0.190. The molecule has 6 heteroatoms. The molecule has 1 fully saturated rings. The Morgan fingerprint density at radius 1 is 0.939 bits per heavy atom. The summed E-state index contributed by atoms with van der Waals surface area (Å²) in [5, 5.41) is 3.32. The van der Waals surface area contributed by atoms with Gasteiger partial charge < -0.3 is 14.5 Å². The highest BCUT2D eigenvalue weighted by molar-refractivity contribution is 8.18. The van der Waals surface area contributed by atoms with Crippen molar-refractivity contribution in [2.24, 2.45) is 4.99 Å². The zero-order valence-electron chi connectivity index (χ0n) is 18.3. The number of para-hydroxylation sites is 1. The van der Waals surface area contributed by atoms with Gasteiger partial charge in [-0.1, -0.05) is 67.3 Å². The van der Waals surface area contributed by atoms with Crippen molar-refractivity contribution in [2.45, 2.75) is 0 Å². The maximum absolute atomic E-state index is 12.6. The molecule has 0 radical (unpaired) electrons. The molecule has 3 aromatic carbocycles. The van der Waals surface area contributed by atoms with E-state index in [0.717, 1.165) is 42.7 Å². The Bertz CT molecular complexity index is 1250. The zero-order valence-corrected chi connectivity index (χ0v) is 19.1. The molecule has 2 aliphatic heterocycles. The molecule has 0 atom stereocenters. The second-order valence-corrected chi connectivity index (χ2v) is 8.93. The Labute approximate surface area is 198 Å². The fourth-order valence-electron chi connectivity index (χ4n) is 4.18. The largest absolute Gasteiger partial charge is 0.489 e. The average Bonchev–Trinajstić information content (AvgIpc) is 3.23. The lowest BCUT2D eigenvalue weighted by atomic mass is 10.1. The Hall–Kier alpha value is -3.51. The van der Waals surface area contributed by atoms with Crippen LogP contribution in [-0.2, 0) is 4.79 Å². The summed E-state index contributed by atoms with van der Waals surface area (Å²) < 4.78 is 5.72. The van der Waals surface area contributed by atoms with Gasteiger partial charge in [0.05, 0.1) is 4.91 Å². The predicted octanol–water partition coefficient (Wildman–Crippen LogP) is 5.20. The molecule has 1 amide bonds. The first-order valence-corrected chi connectivity index (χ1v) is 11.9. The minimum Gasteiger partial charge on any atom is -0.489 e. The summed E-state index contributed by atoms with van der Waals surface area (Å²) in [7, 11) is 0. The highest BCUT2D eigenvalue weighted by Crippen LogP contribution is 2.33. The van der Waals surface area contributed by atoms with Gasteiger partial charge >= 0.3 is 0 Å². The van der Waals surface area contributed by atoms with Gasteiger partial charge in [-0.05, 0) is 35.4 Å². The quantitative estimate of drug-likeness (QED) is 0.391. The van der Waals surface area contributed by atoms with Gasteiger partial charge in [0, 0.05) is 42.8 Å². The number of piperazine rings is 1. The molecule has 5 nitrogen and oxygen atoms in total. The number of thioether (sulfide) groups is 1. The third kappa shape index (κ3) is 4.52. The fourth-order valence-corrected chi connectivity index (χ4v) is 5.13. The van der Waals surface area contributed by atoms with Crippen LogP contribution in [0.5, 0.6) is 5.75 Å². The van der Waals surface area contributed by atoms with Crippen molar-refractivity contribution in [2.75, 3.05) is 37.7 Å². The van der Waals surface area contributed by atoms with E-state index in [9.17, 15) is 4.79 Å². The van der Waals surface area contributed by atoms with E-state index in [1.807, 2.05) is 30.3 Å². The van der Waals surface area contributed by atoms with Gasteiger partial charge in [-0.2, -0.15) is 4.99 Å². The van der Waals surface area contributed by atoms with Crippen LogP contribution >= 0.6 is 11.8 Å². The van der Waals surface area contributed by atoms with E-state index in [0.29, 0.717) is 11.5 Å². The summed E-state index contributed by atoms with van der Waals surface area (Å²) in [5.74, 6) is 0.542.